The standard InChI is InChI=1S/C9H15NO3S/c1-3-12-8-7(9(11)13-4-2)14-6-5-10-8/h7H,3-6H2,1-2H3. The molecule has 0 N–H and O–H groups in total. The molecule has 0 spiro atoms. The highest BCUT2D eigenvalue weighted by Gasteiger charge is 2.29. The third-order valence-electron chi connectivity index (χ3n) is 1.66. The van der Waals surface area contributed by atoms with Crippen molar-refractivity contribution in [1.29, 1.82) is 0 Å². The summed E-state index contributed by atoms with van der Waals surface area (Å²) in [5.41, 5.74) is 0. The molecule has 0 aromatic carbocycles. The van der Waals surface area contributed by atoms with Gasteiger partial charge in [0.2, 0.25) is 5.90 Å². The molecular formula is C9H15NO3S. The van der Waals surface area contributed by atoms with E-state index in [0.29, 0.717) is 19.1 Å². The molecule has 0 aromatic rings. The van der Waals surface area contributed by atoms with Crippen LogP contribution in [0.15, 0.2) is 4.99 Å². The van der Waals surface area contributed by atoms with Gasteiger partial charge in [0.1, 0.15) is 0 Å². The lowest BCUT2D eigenvalue weighted by Crippen LogP contribution is -2.34. The van der Waals surface area contributed by atoms with Crippen LogP contribution in [0.1, 0.15) is 13.8 Å². The van der Waals surface area contributed by atoms with Crippen LogP contribution in [0.4, 0.5) is 0 Å². The number of thioether (sulfide) groups is 1. The number of ether oxygens (including phenoxy) is 2. The van der Waals surface area contributed by atoms with E-state index in [9.17, 15) is 4.79 Å². The topological polar surface area (TPSA) is 47.9 Å². The Labute approximate surface area is 88.1 Å². The number of carbonyl (C=O) groups is 1. The van der Waals surface area contributed by atoms with Gasteiger partial charge in [-0.2, -0.15) is 0 Å². The lowest BCUT2D eigenvalue weighted by atomic mass is 10.4. The second-order valence-electron chi connectivity index (χ2n) is 2.66. The third kappa shape index (κ3) is 2.90. The van der Waals surface area contributed by atoms with Gasteiger partial charge in [0, 0.05) is 5.75 Å². The van der Waals surface area contributed by atoms with E-state index in [1.165, 1.54) is 11.8 Å². The van der Waals surface area contributed by atoms with Crippen LogP contribution in [0.25, 0.3) is 0 Å². The van der Waals surface area contributed by atoms with Crippen LogP contribution < -0.4 is 0 Å². The molecule has 5 heteroatoms. The predicted octanol–water partition coefficient (Wildman–Crippen LogP) is 1.10. The summed E-state index contributed by atoms with van der Waals surface area (Å²) in [5.74, 6) is 1.12. The highest BCUT2D eigenvalue weighted by atomic mass is 32.2. The fourth-order valence-electron chi connectivity index (χ4n) is 1.14. The second kappa shape index (κ2) is 5.90. The lowest BCUT2D eigenvalue weighted by molar-refractivity contribution is -0.141. The molecule has 1 heterocycles. The molecule has 1 unspecified atom stereocenters. The summed E-state index contributed by atoms with van der Waals surface area (Å²) in [5, 5.41) is -0.358. The number of aliphatic imine (C=N–C) groups is 1. The number of esters is 1. The Kier molecular flexibility index (Phi) is 4.79. The van der Waals surface area contributed by atoms with Gasteiger partial charge in [-0.3, -0.25) is 9.79 Å². The van der Waals surface area contributed by atoms with Crippen molar-refractivity contribution >= 4 is 23.6 Å². The minimum Gasteiger partial charge on any atom is -0.480 e. The number of nitrogens with zero attached hydrogens (tertiary/aromatic N) is 1. The molecule has 0 aromatic heterocycles. The average molecular weight is 217 g/mol. The third-order valence-corrected chi connectivity index (χ3v) is 2.81. The van der Waals surface area contributed by atoms with Crippen molar-refractivity contribution in [2.24, 2.45) is 4.99 Å². The summed E-state index contributed by atoms with van der Waals surface area (Å²) in [4.78, 5) is 15.7. The number of hydrogen-bond donors (Lipinski definition) is 0. The van der Waals surface area contributed by atoms with Crippen molar-refractivity contribution in [1.82, 2.24) is 0 Å². The smallest absolute Gasteiger partial charge is 0.328 e. The van der Waals surface area contributed by atoms with Gasteiger partial charge in [-0.1, -0.05) is 0 Å². The zero-order chi connectivity index (χ0) is 10.4. The van der Waals surface area contributed by atoms with Crippen molar-refractivity contribution in [2.75, 3.05) is 25.5 Å². The van der Waals surface area contributed by atoms with Gasteiger partial charge in [-0.25, -0.2) is 0 Å². The predicted molar refractivity (Wildman–Crippen MR) is 56.8 cm³/mol. The quantitative estimate of drug-likeness (QED) is 0.664. The minimum absolute atomic E-state index is 0.246. The largest absolute Gasteiger partial charge is 0.480 e. The van der Waals surface area contributed by atoms with Crippen molar-refractivity contribution < 1.29 is 14.3 Å². The fourth-order valence-corrected chi connectivity index (χ4v) is 2.06. The molecule has 0 amide bonds. The van der Waals surface area contributed by atoms with Gasteiger partial charge in [0.25, 0.3) is 0 Å². The maximum Gasteiger partial charge on any atom is 0.328 e. The number of hydrogen-bond acceptors (Lipinski definition) is 5. The summed E-state index contributed by atoms with van der Waals surface area (Å²) in [6.07, 6.45) is 0. The lowest BCUT2D eigenvalue weighted by Gasteiger charge is -2.20. The van der Waals surface area contributed by atoms with Crippen LogP contribution in [0.5, 0.6) is 0 Å². The monoisotopic (exact) mass is 217 g/mol. The van der Waals surface area contributed by atoms with Crippen molar-refractivity contribution in [3.05, 3.63) is 0 Å². The van der Waals surface area contributed by atoms with E-state index in [1.807, 2.05) is 6.92 Å². The number of carbonyl (C=O) groups excluding carboxylic acids is 1. The van der Waals surface area contributed by atoms with E-state index in [-0.39, 0.29) is 11.2 Å². The Balaban J connectivity index is 2.60. The normalized spacial score (nSPS) is 21.3. The van der Waals surface area contributed by atoms with Crippen LogP contribution >= 0.6 is 11.8 Å². The first-order valence-corrected chi connectivity index (χ1v) is 5.79. The zero-order valence-corrected chi connectivity index (χ0v) is 9.30. The first-order chi connectivity index (χ1) is 6.79. The Morgan fingerprint density at radius 1 is 1.57 bits per heavy atom. The molecule has 14 heavy (non-hydrogen) atoms. The maximum absolute atomic E-state index is 11.5. The van der Waals surface area contributed by atoms with Gasteiger partial charge in [-0.05, 0) is 13.8 Å². The summed E-state index contributed by atoms with van der Waals surface area (Å²) in [6, 6.07) is 0. The molecule has 0 bridgehead atoms. The van der Waals surface area contributed by atoms with Crippen LogP contribution in [-0.2, 0) is 14.3 Å². The Morgan fingerprint density at radius 2 is 2.36 bits per heavy atom. The summed E-state index contributed by atoms with van der Waals surface area (Å²) in [6.45, 7) is 5.33. The SMILES string of the molecule is CCOC(=O)C1SCCN=C1OCC. The Hall–Kier alpha value is -0.710. The Bertz CT molecular complexity index is 230. The van der Waals surface area contributed by atoms with Gasteiger partial charge >= 0.3 is 5.97 Å². The molecule has 4 nitrogen and oxygen atoms in total. The molecule has 0 saturated heterocycles. The first-order valence-electron chi connectivity index (χ1n) is 4.75. The highest BCUT2D eigenvalue weighted by molar-refractivity contribution is 8.01. The van der Waals surface area contributed by atoms with Crippen LogP contribution in [0.3, 0.4) is 0 Å². The molecule has 0 fully saturated rings. The minimum atomic E-state index is -0.358. The first kappa shape index (κ1) is 11.4. The van der Waals surface area contributed by atoms with E-state index in [4.69, 9.17) is 9.47 Å². The summed E-state index contributed by atoms with van der Waals surface area (Å²) < 4.78 is 10.2. The van der Waals surface area contributed by atoms with Crippen LogP contribution in [0.2, 0.25) is 0 Å². The van der Waals surface area contributed by atoms with Gasteiger partial charge < -0.3 is 9.47 Å². The molecule has 80 valence electrons. The maximum atomic E-state index is 11.5. The Morgan fingerprint density at radius 3 is 3.00 bits per heavy atom. The highest BCUT2D eigenvalue weighted by Crippen LogP contribution is 2.19. The zero-order valence-electron chi connectivity index (χ0n) is 8.49. The summed E-state index contributed by atoms with van der Waals surface area (Å²) >= 11 is 1.53. The van der Waals surface area contributed by atoms with Gasteiger partial charge in [-0.15, -0.1) is 11.8 Å². The van der Waals surface area contributed by atoms with Gasteiger partial charge in [0.15, 0.2) is 5.25 Å². The molecule has 1 atom stereocenters. The molecular weight excluding hydrogens is 202 g/mol. The molecule has 0 radical (unpaired) electrons. The molecule has 0 aliphatic carbocycles. The number of rotatable bonds is 3. The van der Waals surface area contributed by atoms with Crippen molar-refractivity contribution in [2.45, 2.75) is 19.1 Å². The fraction of sp³-hybridized carbons (Fsp3) is 0.778. The van der Waals surface area contributed by atoms with E-state index >= 15 is 0 Å². The molecule has 0 saturated carbocycles. The van der Waals surface area contributed by atoms with E-state index in [0.717, 1.165) is 12.3 Å². The van der Waals surface area contributed by atoms with E-state index < -0.39 is 0 Å². The summed E-state index contributed by atoms with van der Waals surface area (Å²) in [7, 11) is 0. The molecule has 1 aliphatic rings. The van der Waals surface area contributed by atoms with E-state index in [2.05, 4.69) is 4.99 Å². The van der Waals surface area contributed by atoms with Gasteiger partial charge in [0.05, 0.1) is 19.8 Å². The van der Waals surface area contributed by atoms with Crippen molar-refractivity contribution in [3.8, 4) is 0 Å². The molecule has 1 aliphatic heterocycles. The average Bonchev–Trinajstić information content (AvgIpc) is 2.19. The van der Waals surface area contributed by atoms with Crippen LogP contribution in [0, 0.1) is 0 Å². The van der Waals surface area contributed by atoms with Crippen molar-refractivity contribution in [3.63, 3.8) is 0 Å². The molecule has 1 rings (SSSR count). The second-order valence-corrected chi connectivity index (χ2v) is 3.87. The van der Waals surface area contributed by atoms with Crippen LogP contribution in [-0.4, -0.2) is 42.6 Å². The van der Waals surface area contributed by atoms with E-state index in [1.54, 1.807) is 6.92 Å².